The molecule has 2 fully saturated rings. The van der Waals surface area contributed by atoms with Gasteiger partial charge < -0.3 is 0 Å². The second-order valence-electron chi connectivity index (χ2n) is 9.94. The van der Waals surface area contributed by atoms with Crippen LogP contribution in [0.25, 0.3) is 0 Å². The van der Waals surface area contributed by atoms with Gasteiger partial charge in [-0.1, -0.05) is 45.6 Å². The van der Waals surface area contributed by atoms with E-state index in [-0.39, 0.29) is 11.4 Å². The fourth-order valence-electron chi connectivity index (χ4n) is 6.23. The van der Waals surface area contributed by atoms with Crippen molar-refractivity contribution in [3.63, 3.8) is 0 Å². The van der Waals surface area contributed by atoms with E-state index in [2.05, 4.69) is 13.8 Å². The van der Waals surface area contributed by atoms with E-state index in [0.29, 0.717) is 11.8 Å². The fourth-order valence-corrected chi connectivity index (χ4v) is 6.23. The van der Waals surface area contributed by atoms with Gasteiger partial charge in [-0.05, 0) is 98.7 Å². The summed E-state index contributed by atoms with van der Waals surface area (Å²) in [5, 5.41) is 0. The Balaban J connectivity index is 1.50. The molecule has 0 spiro atoms. The van der Waals surface area contributed by atoms with Crippen LogP contribution in [0.5, 0.6) is 0 Å². The third-order valence-electron chi connectivity index (χ3n) is 7.98. The summed E-state index contributed by atoms with van der Waals surface area (Å²) in [4.78, 5) is 0. The summed E-state index contributed by atoms with van der Waals surface area (Å²) >= 11 is 0. The van der Waals surface area contributed by atoms with Crippen molar-refractivity contribution in [1.82, 2.24) is 0 Å². The lowest BCUT2D eigenvalue weighted by atomic mass is 9.66. The molecule has 2 saturated carbocycles. The summed E-state index contributed by atoms with van der Waals surface area (Å²) in [6.45, 7) is 5.82. The fraction of sp³-hybridized carbons (Fsp3) is 0.769. The van der Waals surface area contributed by atoms with Crippen LogP contribution in [-0.2, 0) is 13.1 Å². The highest BCUT2D eigenvalue weighted by molar-refractivity contribution is 5.33. The lowest BCUT2D eigenvalue weighted by Gasteiger charge is -2.39. The number of rotatable bonds is 7. The van der Waals surface area contributed by atoms with Gasteiger partial charge in [0.05, 0.1) is 0 Å². The van der Waals surface area contributed by atoms with Crippen molar-refractivity contribution < 1.29 is 8.78 Å². The van der Waals surface area contributed by atoms with E-state index >= 15 is 0 Å². The van der Waals surface area contributed by atoms with Gasteiger partial charge in [-0.15, -0.1) is 0 Å². The summed E-state index contributed by atoms with van der Waals surface area (Å²) < 4.78 is 27.5. The Morgan fingerprint density at radius 2 is 1.57 bits per heavy atom. The van der Waals surface area contributed by atoms with Gasteiger partial charge in [0.2, 0.25) is 0 Å². The molecule has 1 aromatic carbocycles. The summed E-state index contributed by atoms with van der Waals surface area (Å²) in [6.07, 6.45) is 14.8. The van der Waals surface area contributed by atoms with Crippen molar-refractivity contribution in [3.05, 3.63) is 34.6 Å². The van der Waals surface area contributed by atoms with Crippen LogP contribution in [0, 0.1) is 42.3 Å². The molecule has 0 bridgehead atoms. The van der Waals surface area contributed by atoms with Crippen molar-refractivity contribution in [2.75, 3.05) is 0 Å². The van der Waals surface area contributed by atoms with Crippen molar-refractivity contribution in [2.24, 2.45) is 29.6 Å². The second-order valence-corrected chi connectivity index (χ2v) is 9.94. The van der Waals surface area contributed by atoms with Gasteiger partial charge in [-0.25, -0.2) is 8.78 Å². The summed E-state index contributed by atoms with van der Waals surface area (Å²) in [6, 6.07) is 3.46. The van der Waals surface area contributed by atoms with E-state index in [0.717, 1.165) is 35.3 Å². The molecular formula is C26H40F2. The van der Waals surface area contributed by atoms with Crippen LogP contribution in [0.3, 0.4) is 0 Å². The van der Waals surface area contributed by atoms with Crippen LogP contribution in [0.4, 0.5) is 8.78 Å². The van der Waals surface area contributed by atoms with Crippen LogP contribution < -0.4 is 0 Å². The van der Waals surface area contributed by atoms with Gasteiger partial charge >= 0.3 is 0 Å². The topological polar surface area (TPSA) is 0 Å². The van der Waals surface area contributed by atoms with Gasteiger partial charge in [0.25, 0.3) is 0 Å². The van der Waals surface area contributed by atoms with Crippen molar-refractivity contribution in [1.29, 1.82) is 0 Å². The highest BCUT2D eigenvalue weighted by atomic mass is 19.1. The molecule has 28 heavy (non-hydrogen) atoms. The molecule has 0 heterocycles. The second kappa shape index (κ2) is 10.2. The van der Waals surface area contributed by atoms with Crippen LogP contribution in [0.2, 0.25) is 0 Å². The predicted octanol–water partition coefficient (Wildman–Crippen LogP) is 8.20. The molecule has 0 amide bonds. The van der Waals surface area contributed by atoms with Gasteiger partial charge in [-0.3, -0.25) is 0 Å². The molecular weight excluding hydrogens is 350 g/mol. The zero-order valence-electron chi connectivity index (χ0n) is 18.3. The molecule has 1 atom stereocenters. The quantitative estimate of drug-likeness (QED) is 0.440. The molecule has 2 aliphatic carbocycles. The zero-order chi connectivity index (χ0) is 20.1. The number of hydrogen-bond donors (Lipinski definition) is 0. The lowest BCUT2D eigenvalue weighted by molar-refractivity contribution is 0.126. The van der Waals surface area contributed by atoms with Crippen LogP contribution in [-0.4, -0.2) is 0 Å². The number of aryl methyl sites for hydroxylation is 1. The zero-order valence-corrected chi connectivity index (χ0v) is 18.3. The number of alkyl halides is 1. The first-order valence-corrected chi connectivity index (χ1v) is 11.9. The Labute approximate surface area is 171 Å². The summed E-state index contributed by atoms with van der Waals surface area (Å²) in [5.74, 6) is 3.75. The molecule has 0 saturated heterocycles. The van der Waals surface area contributed by atoms with Gasteiger partial charge in [0, 0.05) is 5.56 Å². The molecule has 2 aliphatic rings. The van der Waals surface area contributed by atoms with E-state index in [1.54, 1.807) is 0 Å². The van der Waals surface area contributed by atoms with Crippen molar-refractivity contribution in [2.45, 2.75) is 98.1 Å². The predicted molar refractivity (Wildman–Crippen MR) is 115 cm³/mol. The minimum Gasteiger partial charge on any atom is -0.246 e. The van der Waals surface area contributed by atoms with E-state index in [4.69, 9.17) is 0 Å². The molecule has 0 aromatic heterocycles. The molecule has 0 radical (unpaired) electrons. The van der Waals surface area contributed by atoms with E-state index in [1.165, 1.54) is 70.3 Å². The van der Waals surface area contributed by atoms with Crippen molar-refractivity contribution in [3.8, 4) is 0 Å². The lowest BCUT2D eigenvalue weighted by Crippen LogP contribution is -2.28. The molecule has 1 unspecified atom stereocenters. The first-order chi connectivity index (χ1) is 13.5. The average molecular weight is 391 g/mol. The molecule has 0 aliphatic heterocycles. The standard InChI is InChI=1S/C26H40F2/c1-4-5-20-6-8-22(9-7-20)23-12-10-21(11-13-23)19(3)16-24-14-18(2)15-26(28)25(24)17-27/h14-15,19-23H,4-13,16-17H2,1-3H3. The minimum absolute atomic E-state index is 0.287. The Hall–Kier alpha value is -0.920. The molecule has 158 valence electrons. The maximum Gasteiger partial charge on any atom is 0.129 e. The average Bonchev–Trinajstić information content (AvgIpc) is 2.69. The highest BCUT2D eigenvalue weighted by Crippen LogP contribution is 2.44. The third kappa shape index (κ3) is 5.36. The number of benzene rings is 1. The minimum atomic E-state index is -0.693. The van der Waals surface area contributed by atoms with Crippen LogP contribution in [0.15, 0.2) is 12.1 Å². The summed E-state index contributed by atoms with van der Waals surface area (Å²) in [7, 11) is 0. The first-order valence-electron chi connectivity index (χ1n) is 11.9. The van der Waals surface area contributed by atoms with E-state index in [9.17, 15) is 8.78 Å². The molecule has 2 heteroatoms. The molecule has 0 N–H and O–H groups in total. The molecule has 1 aromatic rings. The van der Waals surface area contributed by atoms with Gasteiger partial charge in [0.15, 0.2) is 0 Å². The smallest absolute Gasteiger partial charge is 0.129 e. The van der Waals surface area contributed by atoms with Gasteiger partial charge in [-0.2, -0.15) is 0 Å². The SMILES string of the molecule is CCCC1CCC(C2CCC(C(C)Cc3cc(C)cc(F)c3CF)CC2)CC1. The maximum atomic E-state index is 14.1. The monoisotopic (exact) mass is 390 g/mol. The van der Waals surface area contributed by atoms with E-state index in [1.807, 2.05) is 13.0 Å². The first kappa shape index (κ1) is 21.8. The number of halogens is 2. The Bertz CT molecular complexity index is 607. The van der Waals surface area contributed by atoms with Crippen LogP contribution in [0.1, 0.15) is 94.7 Å². The third-order valence-corrected chi connectivity index (χ3v) is 7.98. The molecule has 0 nitrogen and oxygen atoms in total. The Morgan fingerprint density at radius 3 is 2.14 bits per heavy atom. The Morgan fingerprint density at radius 1 is 0.964 bits per heavy atom. The van der Waals surface area contributed by atoms with Crippen LogP contribution >= 0.6 is 0 Å². The maximum absolute atomic E-state index is 14.1. The van der Waals surface area contributed by atoms with E-state index < -0.39 is 6.67 Å². The largest absolute Gasteiger partial charge is 0.246 e. The highest BCUT2D eigenvalue weighted by Gasteiger charge is 2.32. The Kier molecular flexibility index (Phi) is 7.94. The van der Waals surface area contributed by atoms with Gasteiger partial charge in [0.1, 0.15) is 12.5 Å². The summed E-state index contributed by atoms with van der Waals surface area (Å²) in [5.41, 5.74) is 2.08. The normalized spacial score (nSPS) is 29.6. The number of hydrogen-bond acceptors (Lipinski definition) is 0. The van der Waals surface area contributed by atoms with Crippen molar-refractivity contribution >= 4 is 0 Å². The molecule has 3 rings (SSSR count).